The van der Waals surface area contributed by atoms with Gasteiger partial charge >= 0.3 is 5.63 Å². The molecule has 0 unspecified atom stereocenters. The van der Waals surface area contributed by atoms with Gasteiger partial charge in [-0.2, -0.15) is 0 Å². The minimum Gasteiger partial charge on any atom is -0.504 e. The van der Waals surface area contributed by atoms with E-state index < -0.39 is 5.63 Å². The molecule has 6 heteroatoms. The maximum Gasteiger partial charge on any atom is 0.383 e. The Balaban J connectivity index is 2.31. The number of aliphatic hydroxyl groups is 1. The highest BCUT2D eigenvalue weighted by atomic mass is 16.5. The summed E-state index contributed by atoms with van der Waals surface area (Å²) in [5.41, 5.74) is -0.435. The lowest BCUT2D eigenvalue weighted by Crippen LogP contribution is -2.08. The summed E-state index contributed by atoms with van der Waals surface area (Å²) >= 11 is 0. The van der Waals surface area contributed by atoms with Crippen molar-refractivity contribution in [2.24, 2.45) is 0 Å². The Kier molecular flexibility index (Phi) is 5.66. The van der Waals surface area contributed by atoms with Gasteiger partial charge in [0.05, 0.1) is 18.6 Å². The van der Waals surface area contributed by atoms with Crippen molar-refractivity contribution < 1.29 is 24.1 Å². The van der Waals surface area contributed by atoms with Gasteiger partial charge in [0.25, 0.3) is 0 Å². The SMILES string of the molecule is CCCCOc1c(O)c2cc(OCCCO)ccc2oc1=O. The average molecular weight is 308 g/mol. The van der Waals surface area contributed by atoms with E-state index in [-0.39, 0.29) is 23.7 Å². The molecule has 0 aliphatic carbocycles. The molecule has 2 aromatic rings. The van der Waals surface area contributed by atoms with Gasteiger partial charge in [0.1, 0.15) is 11.3 Å². The van der Waals surface area contributed by atoms with Gasteiger partial charge < -0.3 is 24.1 Å². The average Bonchev–Trinajstić information content (AvgIpc) is 2.51. The molecule has 0 bridgehead atoms. The van der Waals surface area contributed by atoms with Crippen LogP contribution in [0.15, 0.2) is 27.4 Å². The van der Waals surface area contributed by atoms with Crippen LogP contribution in [0.5, 0.6) is 17.2 Å². The summed E-state index contributed by atoms with van der Waals surface area (Å²) < 4.78 is 15.9. The molecule has 1 aromatic carbocycles. The lowest BCUT2D eigenvalue weighted by atomic mass is 10.2. The van der Waals surface area contributed by atoms with Crippen molar-refractivity contribution >= 4 is 11.0 Å². The number of fused-ring (bicyclic) bond motifs is 1. The predicted octanol–water partition coefficient (Wildman–Crippen LogP) is 2.44. The lowest BCUT2D eigenvalue weighted by molar-refractivity contribution is 0.233. The van der Waals surface area contributed by atoms with Crippen LogP contribution < -0.4 is 15.1 Å². The van der Waals surface area contributed by atoms with Crippen molar-refractivity contribution in [1.82, 2.24) is 0 Å². The van der Waals surface area contributed by atoms with Gasteiger partial charge in [0.2, 0.25) is 5.75 Å². The molecule has 2 N–H and O–H groups in total. The van der Waals surface area contributed by atoms with Gasteiger partial charge in [0, 0.05) is 13.0 Å². The molecule has 0 aliphatic rings. The number of hydrogen-bond donors (Lipinski definition) is 2. The summed E-state index contributed by atoms with van der Waals surface area (Å²) in [6, 6.07) is 4.78. The molecule has 1 heterocycles. The zero-order valence-corrected chi connectivity index (χ0v) is 12.5. The van der Waals surface area contributed by atoms with Crippen LogP contribution in [0, 0.1) is 0 Å². The van der Waals surface area contributed by atoms with Gasteiger partial charge in [-0.15, -0.1) is 0 Å². The zero-order chi connectivity index (χ0) is 15.9. The summed E-state index contributed by atoms with van der Waals surface area (Å²) in [7, 11) is 0. The Morgan fingerprint density at radius 3 is 2.68 bits per heavy atom. The largest absolute Gasteiger partial charge is 0.504 e. The Morgan fingerprint density at radius 1 is 1.18 bits per heavy atom. The maximum atomic E-state index is 11.8. The van der Waals surface area contributed by atoms with E-state index in [0.717, 1.165) is 12.8 Å². The molecule has 22 heavy (non-hydrogen) atoms. The van der Waals surface area contributed by atoms with E-state index in [1.807, 2.05) is 6.92 Å². The highest BCUT2D eigenvalue weighted by Gasteiger charge is 2.16. The molecule has 0 fully saturated rings. The third-order valence-electron chi connectivity index (χ3n) is 3.12. The maximum absolute atomic E-state index is 11.8. The first-order valence-corrected chi connectivity index (χ1v) is 7.33. The van der Waals surface area contributed by atoms with Crippen LogP contribution in [0.4, 0.5) is 0 Å². The van der Waals surface area contributed by atoms with Crippen molar-refractivity contribution in [1.29, 1.82) is 0 Å². The highest BCUT2D eigenvalue weighted by molar-refractivity contribution is 5.86. The van der Waals surface area contributed by atoms with Crippen LogP contribution in [0.2, 0.25) is 0 Å². The molecule has 2 rings (SSSR count). The molecule has 1 aromatic heterocycles. The second-order valence-corrected chi connectivity index (χ2v) is 4.85. The van der Waals surface area contributed by atoms with Gasteiger partial charge in [0.15, 0.2) is 5.75 Å². The second-order valence-electron chi connectivity index (χ2n) is 4.85. The summed E-state index contributed by atoms with van der Waals surface area (Å²) in [6.07, 6.45) is 2.21. The molecule has 0 aliphatic heterocycles. The van der Waals surface area contributed by atoms with E-state index >= 15 is 0 Å². The Labute approximate surface area is 127 Å². The summed E-state index contributed by atoms with van der Waals surface area (Å²) in [5, 5.41) is 19.3. The fourth-order valence-corrected chi connectivity index (χ4v) is 1.94. The smallest absolute Gasteiger partial charge is 0.383 e. The van der Waals surface area contributed by atoms with E-state index in [9.17, 15) is 9.90 Å². The molecular weight excluding hydrogens is 288 g/mol. The Bertz CT molecular complexity index is 676. The fraction of sp³-hybridized carbons (Fsp3) is 0.438. The highest BCUT2D eigenvalue weighted by Crippen LogP contribution is 2.33. The van der Waals surface area contributed by atoms with Gasteiger partial charge in [-0.25, -0.2) is 4.79 Å². The van der Waals surface area contributed by atoms with Gasteiger partial charge in [-0.1, -0.05) is 13.3 Å². The zero-order valence-electron chi connectivity index (χ0n) is 12.5. The first-order chi connectivity index (χ1) is 10.7. The van der Waals surface area contributed by atoms with Crippen molar-refractivity contribution in [3.05, 3.63) is 28.6 Å². The first kappa shape index (κ1) is 16.2. The summed E-state index contributed by atoms with van der Waals surface area (Å²) in [5.74, 6) is 0.105. The van der Waals surface area contributed by atoms with E-state index in [0.29, 0.717) is 30.8 Å². The molecule has 0 saturated heterocycles. The standard InChI is InChI=1S/C16H20O6/c1-2-3-8-21-15-14(18)12-10-11(20-9-4-7-17)5-6-13(12)22-16(15)19/h5-6,10,17-18H,2-4,7-9H2,1H3. The van der Waals surface area contributed by atoms with Gasteiger partial charge in [-0.3, -0.25) is 0 Å². The van der Waals surface area contributed by atoms with Crippen LogP contribution in [-0.2, 0) is 0 Å². The minimum absolute atomic E-state index is 0.0448. The quantitative estimate of drug-likeness (QED) is 0.575. The Hall–Kier alpha value is -2.21. The van der Waals surface area contributed by atoms with Gasteiger partial charge in [-0.05, 0) is 24.6 Å². The van der Waals surface area contributed by atoms with Crippen LogP contribution in [-0.4, -0.2) is 30.0 Å². The minimum atomic E-state index is -0.699. The van der Waals surface area contributed by atoms with Crippen molar-refractivity contribution in [2.75, 3.05) is 19.8 Å². The first-order valence-electron chi connectivity index (χ1n) is 7.33. The third-order valence-corrected chi connectivity index (χ3v) is 3.12. The van der Waals surface area contributed by atoms with Crippen LogP contribution in [0.25, 0.3) is 11.0 Å². The van der Waals surface area contributed by atoms with E-state index in [4.69, 9.17) is 19.0 Å². The van der Waals surface area contributed by atoms with Crippen LogP contribution in [0.1, 0.15) is 26.2 Å². The number of hydrogen-bond acceptors (Lipinski definition) is 6. The van der Waals surface area contributed by atoms with E-state index in [1.165, 1.54) is 0 Å². The van der Waals surface area contributed by atoms with Crippen molar-refractivity contribution in [3.63, 3.8) is 0 Å². The third kappa shape index (κ3) is 3.71. The van der Waals surface area contributed by atoms with E-state index in [2.05, 4.69) is 0 Å². The topological polar surface area (TPSA) is 89.1 Å². The molecule has 0 saturated carbocycles. The molecule has 0 atom stereocenters. The molecule has 0 amide bonds. The Morgan fingerprint density at radius 2 is 1.95 bits per heavy atom. The van der Waals surface area contributed by atoms with Crippen molar-refractivity contribution in [2.45, 2.75) is 26.2 Å². The number of aromatic hydroxyl groups is 1. The molecule has 0 spiro atoms. The fourth-order valence-electron chi connectivity index (χ4n) is 1.94. The normalized spacial score (nSPS) is 10.8. The van der Waals surface area contributed by atoms with E-state index in [1.54, 1.807) is 18.2 Å². The number of benzene rings is 1. The van der Waals surface area contributed by atoms with Crippen LogP contribution >= 0.6 is 0 Å². The number of unbranched alkanes of at least 4 members (excludes halogenated alkanes) is 1. The molecule has 6 nitrogen and oxygen atoms in total. The molecular formula is C16H20O6. The predicted molar refractivity (Wildman–Crippen MR) is 81.7 cm³/mol. The molecule has 120 valence electrons. The number of ether oxygens (including phenoxy) is 2. The monoisotopic (exact) mass is 308 g/mol. The van der Waals surface area contributed by atoms with Crippen molar-refractivity contribution in [3.8, 4) is 17.2 Å². The number of aliphatic hydroxyl groups excluding tert-OH is 1. The lowest BCUT2D eigenvalue weighted by Gasteiger charge is -2.10. The second kappa shape index (κ2) is 7.70. The number of rotatable bonds is 8. The summed E-state index contributed by atoms with van der Waals surface area (Å²) in [6.45, 7) is 2.75. The summed E-state index contributed by atoms with van der Waals surface area (Å²) in [4.78, 5) is 11.8. The molecule has 0 radical (unpaired) electrons. The van der Waals surface area contributed by atoms with Crippen LogP contribution in [0.3, 0.4) is 0 Å².